The van der Waals surface area contributed by atoms with Gasteiger partial charge in [0, 0.05) is 33.0 Å². The van der Waals surface area contributed by atoms with Gasteiger partial charge in [0.1, 0.15) is 16.7 Å². The molecule has 6 heteroatoms. The Labute approximate surface area is 263 Å². The van der Waals surface area contributed by atoms with Crippen molar-refractivity contribution in [2.75, 3.05) is 0 Å². The van der Waals surface area contributed by atoms with E-state index in [1.54, 1.807) is 0 Å². The predicted molar refractivity (Wildman–Crippen MR) is 182 cm³/mol. The van der Waals surface area contributed by atoms with Crippen molar-refractivity contribution in [1.29, 1.82) is 0 Å². The van der Waals surface area contributed by atoms with Crippen molar-refractivity contribution >= 4 is 33.0 Å². The molecule has 0 spiro atoms. The van der Waals surface area contributed by atoms with Crippen molar-refractivity contribution in [3.05, 3.63) is 146 Å². The van der Waals surface area contributed by atoms with Gasteiger partial charge in [0.05, 0.1) is 0 Å². The van der Waals surface area contributed by atoms with E-state index in [4.69, 9.17) is 28.8 Å². The fourth-order valence-corrected chi connectivity index (χ4v) is 6.02. The predicted octanol–water partition coefficient (Wildman–Crippen LogP) is 10.2. The SMILES string of the molecule is c1ccc(-c2nc(-c3ccccc3)nc(-c3cccc4oc5cccc(-c6ccc7nc(-c8ccccc8)oc7c6)c5c34)n2)cc1. The fourth-order valence-electron chi connectivity index (χ4n) is 6.02. The molecule has 0 saturated heterocycles. The second kappa shape index (κ2) is 10.6. The number of aromatic nitrogens is 4. The van der Waals surface area contributed by atoms with Crippen LogP contribution in [-0.4, -0.2) is 19.9 Å². The maximum absolute atomic E-state index is 6.45. The lowest BCUT2D eigenvalue weighted by molar-refractivity contribution is 0.620. The van der Waals surface area contributed by atoms with Crippen LogP contribution in [0, 0.1) is 0 Å². The first-order chi connectivity index (χ1) is 22.8. The van der Waals surface area contributed by atoms with E-state index >= 15 is 0 Å². The number of fused-ring (bicyclic) bond motifs is 4. The summed E-state index contributed by atoms with van der Waals surface area (Å²) >= 11 is 0. The number of nitrogens with zero attached hydrogens (tertiary/aromatic N) is 4. The topological polar surface area (TPSA) is 77.8 Å². The van der Waals surface area contributed by atoms with Crippen LogP contribution in [0.2, 0.25) is 0 Å². The Morgan fingerprint density at radius 3 is 1.52 bits per heavy atom. The smallest absolute Gasteiger partial charge is 0.227 e. The second-order valence-electron chi connectivity index (χ2n) is 11.1. The molecular weight excluding hydrogens is 568 g/mol. The van der Waals surface area contributed by atoms with Crippen molar-refractivity contribution in [3.63, 3.8) is 0 Å². The molecule has 3 heterocycles. The average molecular weight is 593 g/mol. The van der Waals surface area contributed by atoms with E-state index in [1.165, 1.54) is 0 Å². The van der Waals surface area contributed by atoms with Gasteiger partial charge in [-0.3, -0.25) is 0 Å². The van der Waals surface area contributed by atoms with Crippen LogP contribution in [0.25, 0.3) is 89.8 Å². The van der Waals surface area contributed by atoms with Crippen LogP contribution in [-0.2, 0) is 0 Å². The highest BCUT2D eigenvalue weighted by Crippen LogP contribution is 2.42. The monoisotopic (exact) mass is 592 g/mol. The summed E-state index contributed by atoms with van der Waals surface area (Å²) in [4.78, 5) is 19.7. The van der Waals surface area contributed by atoms with E-state index in [1.807, 2.05) is 121 Å². The van der Waals surface area contributed by atoms with Crippen molar-refractivity contribution in [1.82, 2.24) is 19.9 Å². The molecule has 0 aliphatic rings. The van der Waals surface area contributed by atoms with Gasteiger partial charge in [-0.1, -0.05) is 109 Å². The van der Waals surface area contributed by atoms with Gasteiger partial charge in [-0.15, -0.1) is 0 Å². The van der Waals surface area contributed by atoms with Gasteiger partial charge in [0.25, 0.3) is 0 Å². The zero-order valence-corrected chi connectivity index (χ0v) is 24.5. The Balaban J connectivity index is 1.26. The summed E-state index contributed by atoms with van der Waals surface area (Å²) < 4.78 is 12.7. The van der Waals surface area contributed by atoms with Gasteiger partial charge < -0.3 is 8.83 Å². The van der Waals surface area contributed by atoms with E-state index < -0.39 is 0 Å². The molecule has 0 unspecified atom stereocenters. The molecule has 0 atom stereocenters. The lowest BCUT2D eigenvalue weighted by atomic mass is 9.97. The lowest BCUT2D eigenvalue weighted by Crippen LogP contribution is -2.00. The van der Waals surface area contributed by atoms with E-state index in [9.17, 15) is 0 Å². The minimum absolute atomic E-state index is 0.578. The van der Waals surface area contributed by atoms with E-state index in [-0.39, 0.29) is 0 Å². The first kappa shape index (κ1) is 26.0. The van der Waals surface area contributed by atoms with E-state index in [2.05, 4.69) is 24.3 Å². The van der Waals surface area contributed by atoms with Crippen molar-refractivity contribution in [2.45, 2.75) is 0 Å². The molecule has 216 valence electrons. The molecule has 3 aromatic heterocycles. The van der Waals surface area contributed by atoms with Gasteiger partial charge >= 0.3 is 0 Å². The van der Waals surface area contributed by atoms with Gasteiger partial charge in [-0.05, 0) is 47.5 Å². The first-order valence-corrected chi connectivity index (χ1v) is 15.1. The third kappa shape index (κ3) is 4.43. The third-order valence-electron chi connectivity index (χ3n) is 8.18. The second-order valence-corrected chi connectivity index (χ2v) is 11.1. The van der Waals surface area contributed by atoms with Crippen LogP contribution in [0.4, 0.5) is 0 Å². The number of furan rings is 1. The summed E-state index contributed by atoms with van der Waals surface area (Å²) in [6, 6.07) is 48.3. The molecule has 0 aliphatic carbocycles. The molecule has 0 radical (unpaired) electrons. The lowest BCUT2D eigenvalue weighted by Gasteiger charge is -2.10. The minimum atomic E-state index is 0.578. The molecule has 6 nitrogen and oxygen atoms in total. The number of rotatable bonds is 5. The summed E-state index contributed by atoms with van der Waals surface area (Å²) in [7, 11) is 0. The molecule has 9 aromatic rings. The molecule has 0 amide bonds. The number of oxazole rings is 1. The molecule has 0 fully saturated rings. The van der Waals surface area contributed by atoms with Crippen molar-refractivity contribution in [2.24, 2.45) is 0 Å². The van der Waals surface area contributed by atoms with Crippen LogP contribution in [0.1, 0.15) is 0 Å². The molecule has 9 rings (SSSR count). The Morgan fingerprint density at radius 1 is 0.348 bits per heavy atom. The summed E-state index contributed by atoms with van der Waals surface area (Å²) in [5.74, 6) is 2.40. The van der Waals surface area contributed by atoms with Gasteiger partial charge in [-0.25, -0.2) is 19.9 Å². The van der Waals surface area contributed by atoms with E-state index in [0.717, 1.165) is 66.4 Å². The highest BCUT2D eigenvalue weighted by molar-refractivity contribution is 6.17. The van der Waals surface area contributed by atoms with Gasteiger partial charge in [-0.2, -0.15) is 0 Å². The van der Waals surface area contributed by atoms with Crippen LogP contribution in [0.5, 0.6) is 0 Å². The van der Waals surface area contributed by atoms with E-state index in [0.29, 0.717) is 23.4 Å². The fraction of sp³-hybridized carbons (Fsp3) is 0. The Hall–Kier alpha value is -6.40. The zero-order valence-electron chi connectivity index (χ0n) is 24.5. The quantitative estimate of drug-likeness (QED) is 0.198. The molecule has 0 bridgehead atoms. The van der Waals surface area contributed by atoms with Gasteiger partial charge in [0.15, 0.2) is 23.1 Å². The maximum Gasteiger partial charge on any atom is 0.227 e. The van der Waals surface area contributed by atoms with Crippen LogP contribution in [0.15, 0.2) is 154 Å². The average Bonchev–Trinajstić information content (AvgIpc) is 3.74. The summed E-state index contributed by atoms with van der Waals surface area (Å²) in [6.45, 7) is 0. The maximum atomic E-state index is 6.45. The summed E-state index contributed by atoms with van der Waals surface area (Å²) in [5, 5.41) is 1.93. The Morgan fingerprint density at radius 2 is 0.891 bits per heavy atom. The highest BCUT2D eigenvalue weighted by atomic mass is 16.3. The Kier molecular flexibility index (Phi) is 6.03. The van der Waals surface area contributed by atoms with Crippen LogP contribution < -0.4 is 0 Å². The number of hydrogen-bond acceptors (Lipinski definition) is 6. The van der Waals surface area contributed by atoms with Crippen LogP contribution in [0.3, 0.4) is 0 Å². The number of benzene rings is 6. The van der Waals surface area contributed by atoms with Crippen LogP contribution >= 0.6 is 0 Å². The normalized spacial score (nSPS) is 11.5. The standard InChI is InChI=1S/C40H24N4O2/c1-4-12-25(13-5-1)37-42-38(26-14-6-2-7-15-26)44-39(43-37)30-19-11-21-33-36(30)35-29(18-10-20-32(35)45-33)28-22-23-31-34(24-28)46-40(41-31)27-16-8-3-9-17-27/h1-24H. The molecule has 6 aromatic carbocycles. The number of hydrogen-bond donors (Lipinski definition) is 0. The van der Waals surface area contributed by atoms with Crippen molar-refractivity contribution < 1.29 is 8.83 Å². The first-order valence-electron chi connectivity index (χ1n) is 15.1. The molecule has 0 saturated carbocycles. The molecule has 0 aliphatic heterocycles. The Bertz CT molecular complexity index is 2460. The zero-order chi connectivity index (χ0) is 30.5. The highest BCUT2D eigenvalue weighted by Gasteiger charge is 2.20. The molecular formula is C40H24N4O2. The molecule has 0 N–H and O–H groups in total. The largest absolute Gasteiger partial charge is 0.456 e. The van der Waals surface area contributed by atoms with Crippen molar-refractivity contribution in [3.8, 4) is 56.7 Å². The summed E-state index contributed by atoms with van der Waals surface area (Å²) in [5.41, 5.74) is 8.73. The summed E-state index contributed by atoms with van der Waals surface area (Å²) in [6.07, 6.45) is 0. The third-order valence-corrected chi connectivity index (χ3v) is 8.18. The minimum Gasteiger partial charge on any atom is -0.456 e. The molecule has 46 heavy (non-hydrogen) atoms. The van der Waals surface area contributed by atoms with Gasteiger partial charge in [0.2, 0.25) is 5.89 Å².